The summed E-state index contributed by atoms with van der Waals surface area (Å²) in [5, 5.41) is 0. The van der Waals surface area contributed by atoms with Crippen molar-refractivity contribution in [2.75, 3.05) is 44.7 Å². The van der Waals surface area contributed by atoms with Gasteiger partial charge >= 0.3 is 0 Å². The Balaban J connectivity index is 1.26. The molecule has 2 aliphatic rings. The summed E-state index contributed by atoms with van der Waals surface area (Å²) < 4.78 is 0. The summed E-state index contributed by atoms with van der Waals surface area (Å²) in [5.41, 5.74) is 6.02. The first-order valence-corrected chi connectivity index (χ1v) is 12.6. The number of para-hydroxylation sites is 1. The predicted octanol–water partition coefficient (Wildman–Crippen LogP) is 5.27. The van der Waals surface area contributed by atoms with Crippen molar-refractivity contribution in [3.63, 3.8) is 0 Å². The average molecular weight is 466 g/mol. The molecule has 0 bridgehead atoms. The van der Waals surface area contributed by atoms with Crippen molar-refractivity contribution in [1.29, 1.82) is 0 Å². The van der Waals surface area contributed by atoms with Crippen LogP contribution in [-0.2, 0) is 10.2 Å². The van der Waals surface area contributed by atoms with Gasteiger partial charge in [0.2, 0.25) is 0 Å². The van der Waals surface area contributed by atoms with Crippen LogP contribution in [-0.4, -0.2) is 55.4 Å². The van der Waals surface area contributed by atoms with E-state index in [9.17, 15) is 4.79 Å². The summed E-state index contributed by atoms with van der Waals surface area (Å²) in [7, 11) is 2.07. The van der Waals surface area contributed by atoms with Crippen LogP contribution in [0.5, 0.6) is 0 Å². The number of anilines is 1. The van der Waals surface area contributed by atoms with Crippen LogP contribution in [0.2, 0.25) is 0 Å². The van der Waals surface area contributed by atoms with Gasteiger partial charge in [0.15, 0.2) is 5.78 Å². The van der Waals surface area contributed by atoms with Crippen LogP contribution < -0.4 is 4.90 Å². The van der Waals surface area contributed by atoms with Crippen molar-refractivity contribution in [3.05, 3.63) is 113 Å². The van der Waals surface area contributed by atoms with E-state index in [1.807, 2.05) is 6.08 Å². The highest BCUT2D eigenvalue weighted by Gasteiger charge is 2.38. The van der Waals surface area contributed by atoms with Crippen molar-refractivity contribution in [2.24, 2.45) is 0 Å². The van der Waals surface area contributed by atoms with Gasteiger partial charge in [-0.2, -0.15) is 0 Å². The Morgan fingerprint density at radius 2 is 1.37 bits per heavy atom. The fraction of sp³-hybridized carbons (Fsp3) is 0.323. The summed E-state index contributed by atoms with van der Waals surface area (Å²) in [6, 6.07) is 30.2. The Kier molecular flexibility index (Phi) is 6.59. The molecule has 0 saturated carbocycles. The molecule has 1 saturated heterocycles. The van der Waals surface area contributed by atoms with Crippen LogP contribution in [0.1, 0.15) is 36.6 Å². The Labute approximate surface area is 209 Å². The molecule has 0 radical (unpaired) electrons. The van der Waals surface area contributed by atoms with Crippen molar-refractivity contribution in [2.45, 2.75) is 25.3 Å². The third-order valence-electron chi connectivity index (χ3n) is 7.62. The van der Waals surface area contributed by atoms with Gasteiger partial charge in [-0.15, -0.1) is 0 Å². The van der Waals surface area contributed by atoms with E-state index in [0.29, 0.717) is 6.54 Å². The summed E-state index contributed by atoms with van der Waals surface area (Å²) in [6.45, 7) is 8.55. The second-order valence-corrected chi connectivity index (χ2v) is 10.2. The standard InChI is InChI=1S/C31H35N3O/c1-31(2)27-16-10-11-17-28(27)32(3)29(31)22-26(35)23-33-18-20-34(21-19-33)30(24-12-6-4-7-13-24)25-14-8-5-9-15-25/h4-17,22,30H,18-21,23H2,1-3H3/b29-22+. The van der Waals surface area contributed by atoms with Crippen LogP contribution in [0.15, 0.2) is 96.7 Å². The summed E-state index contributed by atoms with van der Waals surface area (Å²) in [6.07, 6.45) is 1.88. The maximum Gasteiger partial charge on any atom is 0.171 e. The zero-order chi connectivity index (χ0) is 24.4. The van der Waals surface area contributed by atoms with Crippen molar-refractivity contribution in [1.82, 2.24) is 9.80 Å². The minimum absolute atomic E-state index is 0.168. The molecule has 0 aromatic heterocycles. The largest absolute Gasteiger partial charge is 0.347 e. The highest BCUT2D eigenvalue weighted by atomic mass is 16.1. The molecule has 4 nitrogen and oxygen atoms in total. The van der Waals surface area contributed by atoms with Gasteiger partial charge in [-0.05, 0) is 22.8 Å². The van der Waals surface area contributed by atoms with Gasteiger partial charge in [0, 0.05) is 56.1 Å². The second kappa shape index (κ2) is 9.80. The smallest absolute Gasteiger partial charge is 0.171 e. The topological polar surface area (TPSA) is 26.8 Å². The number of carbonyl (C=O) groups is 1. The molecule has 3 aromatic carbocycles. The number of benzene rings is 3. The van der Waals surface area contributed by atoms with E-state index in [2.05, 4.69) is 121 Å². The molecule has 0 amide bonds. The zero-order valence-electron chi connectivity index (χ0n) is 21.0. The fourth-order valence-electron chi connectivity index (χ4n) is 5.74. The van der Waals surface area contributed by atoms with Crippen molar-refractivity contribution in [3.8, 4) is 0 Å². The van der Waals surface area contributed by atoms with E-state index in [-0.39, 0.29) is 17.2 Å². The number of piperazine rings is 1. The lowest BCUT2D eigenvalue weighted by Crippen LogP contribution is -2.49. The molecule has 0 atom stereocenters. The maximum atomic E-state index is 13.2. The molecule has 0 aliphatic carbocycles. The van der Waals surface area contributed by atoms with E-state index >= 15 is 0 Å². The molecule has 2 aliphatic heterocycles. The van der Waals surface area contributed by atoms with Crippen LogP contribution >= 0.6 is 0 Å². The molecule has 5 rings (SSSR count). The zero-order valence-corrected chi connectivity index (χ0v) is 21.0. The van der Waals surface area contributed by atoms with Gasteiger partial charge in [-0.1, -0.05) is 92.7 Å². The second-order valence-electron chi connectivity index (χ2n) is 10.2. The Morgan fingerprint density at radius 3 is 1.94 bits per heavy atom. The molecule has 0 spiro atoms. The van der Waals surface area contributed by atoms with Crippen LogP contribution in [0, 0.1) is 0 Å². The Hall–Kier alpha value is -3.21. The minimum Gasteiger partial charge on any atom is -0.347 e. The number of allylic oxidation sites excluding steroid dienone is 1. The molecule has 35 heavy (non-hydrogen) atoms. The average Bonchev–Trinajstić information content (AvgIpc) is 3.07. The number of ketones is 1. The van der Waals surface area contributed by atoms with E-state index in [4.69, 9.17) is 0 Å². The van der Waals surface area contributed by atoms with Crippen LogP contribution in [0.4, 0.5) is 5.69 Å². The molecule has 180 valence electrons. The van der Waals surface area contributed by atoms with Gasteiger partial charge in [0.25, 0.3) is 0 Å². The molecule has 0 unspecified atom stereocenters. The Bertz CT molecular complexity index is 1150. The predicted molar refractivity (Wildman–Crippen MR) is 144 cm³/mol. The van der Waals surface area contributed by atoms with Gasteiger partial charge in [0.1, 0.15) is 0 Å². The number of nitrogens with zero attached hydrogens (tertiary/aromatic N) is 3. The van der Waals surface area contributed by atoms with Crippen molar-refractivity contribution < 1.29 is 4.79 Å². The van der Waals surface area contributed by atoms with Gasteiger partial charge in [-0.3, -0.25) is 14.6 Å². The molecule has 3 aromatic rings. The first-order chi connectivity index (χ1) is 16.9. The summed E-state index contributed by atoms with van der Waals surface area (Å²) >= 11 is 0. The first kappa shape index (κ1) is 23.5. The SMILES string of the molecule is CN1/C(=C/C(=O)CN2CCN(C(c3ccccc3)c3ccccc3)CC2)C(C)(C)c2ccccc21. The monoisotopic (exact) mass is 465 g/mol. The van der Waals surface area contributed by atoms with Gasteiger partial charge in [0.05, 0.1) is 12.6 Å². The number of hydrogen-bond acceptors (Lipinski definition) is 4. The van der Waals surface area contributed by atoms with Gasteiger partial charge in [-0.25, -0.2) is 0 Å². The molecule has 1 fully saturated rings. The van der Waals surface area contributed by atoms with E-state index in [1.165, 1.54) is 22.4 Å². The minimum atomic E-state index is -0.168. The third kappa shape index (κ3) is 4.69. The maximum absolute atomic E-state index is 13.2. The summed E-state index contributed by atoms with van der Waals surface area (Å²) in [5.74, 6) is 0.184. The summed E-state index contributed by atoms with van der Waals surface area (Å²) in [4.78, 5) is 20.2. The van der Waals surface area contributed by atoms with Crippen LogP contribution in [0.3, 0.4) is 0 Å². The number of fused-ring (bicyclic) bond motifs is 1. The lowest BCUT2D eigenvalue weighted by Gasteiger charge is -2.39. The van der Waals surface area contributed by atoms with E-state index in [1.54, 1.807) is 0 Å². The normalized spacial score (nSPS) is 19.3. The van der Waals surface area contributed by atoms with E-state index in [0.717, 1.165) is 31.9 Å². The molecular weight excluding hydrogens is 430 g/mol. The van der Waals surface area contributed by atoms with Crippen molar-refractivity contribution >= 4 is 11.5 Å². The molecular formula is C31H35N3O. The van der Waals surface area contributed by atoms with E-state index < -0.39 is 0 Å². The highest BCUT2D eigenvalue weighted by Crippen LogP contribution is 2.46. The Morgan fingerprint density at radius 1 is 0.829 bits per heavy atom. The molecule has 4 heteroatoms. The fourth-order valence-corrected chi connectivity index (χ4v) is 5.74. The number of hydrogen-bond donors (Lipinski definition) is 0. The third-order valence-corrected chi connectivity index (χ3v) is 7.62. The first-order valence-electron chi connectivity index (χ1n) is 12.6. The molecule has 0 N–H and O–H groups in total. The number of carbonyl (C=O) groups excluding carboxylic acids is 1. The number of rotatable bonds is 6. The van der Waals surface area contributed by atoms with Crippen LogP contribution in [0.25, 0.3) is 0 Å². The lowest BCUT2D eigenvalue weighted by atomic mass is 9.83. The quantitative estimate of drug-likeness (QED) is 0.463. The lowest BCUT2D eigenvalue weighted by molar-refractivity contribution is -0.116. The number of likely N-dealkylation sites (N-methyl/N-ethyl adjacent to an activating group) is 1. The van der Waals surface area contributed by atoms with Gasteiger partial charge < -0.3 is 4.90 Å². The molecule has 2 heterocycles. The highest BCUT2D eigenvalue weighted by molar-refractivity contribution is 5.94.